The number of ether oxygens (including phenoxy) is 1. The van der Waals surface area contributed by atoms with E-state index in [1.165, 1.54) is 31.7 Å². The van der Waals surface area contributed by atoms with Crippen molar-refractivity contribution in [2.45, 2.75) is 32.3 Å². The Morgan fingerprint density at radius 1 is 1.14 bits per heavy atom. The molecule has 0 heterocycles. The second kappa shape index (κ2) is 5.66. The summed E-state index contributed by atoms with van der Waals surface area (Å²) < 4.78 is 42.6. The van der Waals surface area contributed by atoms with Gasteiger partial charge in [-0.1, -0.05) is 0 Å². The first kappa shape index (κ1) is 14.4. The number of anilines is 2. The van der Waals surface area contributed by atoms with Gasteiger partial charge in [0.25, 0.3) is 0 Å². The zero-order valence-electron chi connectivity index (χ0n) is 11.7. The predicted octanol–water partition coefficient (Wildman–Crippen LogP) is 3.64. The summed E-state index contributed by atoms with van der Waals surface area (Å²) in [4.78, 5) is 2.10. The Morgan fingerprint density at radius 3 is 2.19 bits per heavy atom. The molecule has 0 amide bonds. The van der Waals surface area contributed by atoms with Crippen molar-refractivity contribution in [1.29, 1.82) is 0 Å². The lowest BCUT2D eigenvalue weighted by Gasteiger charge is -2.27. The van der Waals surface area contributed by atoms with E-state index in [0.717, 1.165) is 19.2 Å². The van der Waals surface area contributed by atoms with Crippen molar-refractivity contribution < 1.29 is 17.9 Å². The minimum absolute atomic E-state index is 0.274. The summed E-state index contributed by atoms with van der Waals surface area (Å²) in [7, 11) is 0. The zero-order chi connectivity index (χ0) is 15.0. The van der Waals surface area contributed by atoms with Crippen LogP contribution >= 0.6 is 0 Å². The Labute approximate surface area is 121 Å². The van der Waals surface area contributed by atoms with Gasteiger partial charge in [-0.3, -0.25) is 0 Å². The zero-order valence-corrected chi connectivity index (χ0v) is 11.7. The molecule has 0 aliphatic heterocycles. The fraction of sp³-hybridized carbons (Fsp3) is 0.600. The molecule has 3 rings (SSSR count). The fourth-order valence-corrected chi connectivity index (χ4v) is 2.51. The quantitative estimate of drug-likeness (QED) is 0.781. The van der Waals surface area contributed by atoms with Gasteiger partial charge in [0, 0.05) is 25.2 Å². The van der Waals surface area contributed by atoms with Gasteiger partial charge in [0.15, 0.2) is 11.6 Å². The molecule has 21 heavy (non-hydrogen) atoms. The Bertz CT molecular complexity index is 502. The van der Waals surface area contributed by atoms with E-state index < -0.39 is 18.2 Å². The molecule has 1 aromatic rings. The number of nitrogen functional groups attached to an aromatic ring is 1. The lowest BCUT2D eigenvalue weighted by Crippen LogP contribution is -2.29. The Hall–Kier alpha value is -1.59. The van der Waals surface area contributed by atoms with Crippen molar-refractivity contribution in [2.24, 2.45) is 11.8 Å². The van der Waals surface area contributed by atoms with E-state index in [9.17, 15) is 13.2 Å². The van der Waals surface area contributed by atoms with Crippen LogP contribution < -0.4 is 15.4 Å². The second-order valence-corrected chi connectivity index (χ2v) is 6.01. The predicted molar refractivity (Wildman–Crippen MR) is 75.1 cm³/mol. The summed E-state index contributed by atoms with van der Waals surface area (Å²) in [5.41, 5.74) is 6.77. The van der Waals surface area contributed by atoms with Crippen LogP contribution in [0.2, 0.25) is 0 Å². The number of benzene rings is 1. The van der Waals surface area contributed by atoms with Gasteiger partial charge in [0.05, 0.1) is 11.4 Å². The third kappa shape index (κ3) is 3.74. The first-order valence-corrected chi connectivity index (χ1v) is 7.31. The van der Waals surface area contributed by atoms with Gasteiger partial charge in [-0.05, 0) is 37.5 Å². The van der Waals surface area contributed by atoms with Gasteiger partial charge < -0.3 is 15.4 Å². The molecule has 3 nitrogen and oxygen atoms in total. The van der Waals surface area contributed by atoms with Crippen molar-refractivity contribution in [3.63, 3.8) is 0 Å². The van der Waals surface area contributed by atoms with E-state index >= 15 is 0 Å². The van der Waals surface area contributed by atoms with Crippen LogP contribution in [0, 0.1) is 17.7 Å². The average Bonchev–Trinajstić information content (AvgIpc) is 3.26. The maximum Gasteiger partial charge on any atom is 0.387 e. The maximum atomic E-state index is 13.6. The summed E-state index contributed by atoms with van der Waals surface area (Å²) in [6.45, 7) is -1.35. The first-order chi connectivity index (χ1) is 10.0. The lowest BCUT2D eigenvalue weighted by molar-refractivity contribution is -0.0521. The first-order valence-electron chi connectivity index (χ1n) is 7.31. The Kier molecular flexibility index (Phi) is 3.87. The smallest absolute Gasteiger partial charge is 0.387 e. The Balaban J connectivity index is 1.84. The highest BCUT2D eigenvalue weighted by atomic mass is 19.3. The molecule has 2 N–H and O–H groups in total. The van der Waals surface area contributed by atoms with Crippen molar-refractivity contribution in [3.05, 3.63) is 17.9 Å². The molecule has 6 heteroatoms. The standard InChI is InChI=1S/C15H19F3N2O/c16-11-5-12(19)13(6-14(11)21-15(17)18)20(7-9-1-2-9)8-10-3-4-10/h5-6,9-10,15H,1-4,7-8,19H2. The van der Waals surface area contributed by atoms with E-state index in [-0.39, 0.29) is 5.69 Å². The highest BCUT2D eigenvalue weighted by Crippen LogP contribution is 2.39. The summed E-state index contributed by atoms with van der Waals surface area (Å²) in [5.74, 6) is -0.0273. The molecule has 0 radical (unpaired) electrons. The molecule has 0 unspecified atom stereocenters. The summed E-state index contributed by atoms with van der Waals surface area (Å²) >= 11 is 0. The van der Waals surface area contributed by atoms with Crippen LogP contribution in [0.15, 0.2) is 12.1 Å². The van der Waals surface area contributed by atoms with Crippen molar-refractivity contribution in [2.75, 3.05) is 23.7 Å². The van der Waals surface area contributed by atoms with Crippen molar-refractivity contribution in [3.8, 4) is 5.75 Å². The highest BCUT2D eigenvalue weighted by Gasteiger charge is 2.30. The van der Waals surface area contributed by atoms with E-state index in [2.05, 4.69) is 9.64 Å². The third-order valence-electron chi connectivity index (χ3n) is 3.99. The molecular formula is C15H19F3N2O. The van der Waals surface area contributed by atoms with E-state index in [1.54, 1.807) is 0 Å². The Morgan fingerprint density at radius 2 is 1.71 bits per heavy atom. The van der Waals surface area contributed by atoms with E-state index in [0.29, 0.717) is 17.5 Å². The molecule has 0 spiro atoms. The van der Waals surface area contributed by atoms with Crippen LogP contribution in [-0.2, 0) is 0 Å². The van der Waals surface area contributed by atoms with Crippen LogP contribution in [0.4, 0.5) is 24.5 Å². The van der Waals surface area contributed by atoms with Crippen LogP contribution in [0.25, 0.3) is 0 Å². The maximum absolute atomic E-state index is 13.6. The molecule has 2 fully saturated rings. The molecule has 1 aromatic carbocycles. The molecule has 0 aromatic heterocycles. The molecule has 0 saturated heterocycles. The largest absolute Gasteiger partial charge is 0.432 e. The number of nitrogens with two attached hydrogens (primary N) is 1. The minimum atomic E-state index is -3.05. The highest BCUT2D eigenvalue weighted by molar-refractivity contribution is 5.70. The normalized spacial score (nSPS) is 18.1. The van der Waals surface area contributed by atoms with Crippen molar-refractivity contribution >= 4 is 11.4 Å². The lowest BCUT2D eigenvalue weighted by atomic mass is 10.2. The third-order valence-corrected chi connectivity index (χ3v) is 3.99. The van der Waals surface area contributed by atoms with Gasteiger partial charge in [0.1, 0.15) is 0 Å². The summed E-state index contributed by atoms with van der Waals surface area (Å²) in [6, 6.07) is 2.38. The molecule has 116 valence electrons. The number of halogens is 3. The van der Waals surface area contributed by atoms with Gasteiger partial charge in [-0.25, -0.2) is 4.39 Å². The summed E-state index contributed by atoms with van der Waals surface area (Å²) in [5, 5.41) is 0. The second-order valence-electron chi connectivity index (χ2n) is 6.01. The minimum Gasteiger partial charge on any atom is -0.432 e. The fourth-order valence-electron chi connectivity index (χ4n) is 2.51. The summed E-state index contributed by atoms with van der Waals surface area (Å²) in [6.07, 6.45) is 4.73. The number of hydrogen-bond acceptors (Lipinski definition) is 3. The monoisotopic (exact) mass is 300 g/mol. The molecule has 2 aliphatic carbocycles. The van der Waals surface area contributed by atoms with Gasteiger partial charge in [-0.15, -0.1) is 0 Å². The number of nitrogens with zero attached hydrogens (tertiary/aromatic N) is 1. The SMILES string of the molecule is Nc1cc(F)c(OC(F)F)cc1N(CC1CC1)CC1CC1. The van der Waals surface area contributed by atoms with Crippen molar-refractivity contribution in [1.82, 2.24) is 0 Å². The molecule has 0 atom stereocenters. The van der Waals surface area contributed by atoms with Crippen LogP contribution in [0.5, 0.6) is 5.75 Å². The van der Waals surface area contributed by atoms with E-state index in [4.69, 9.17) is 5.73 Å². The molecule has 2 saturated carbocycles. The van der Waals surface area contributed by atoms with Crippen LogP contribution in [0.1, 0.15) is 25.7 Å². The average molecular weight is 300 g/mol. The molecule has 2 aliphatic rings. The van der Waals surface area contributed by atoms with Crippen LogP contribution in [-0.4, -0.2) is 19.7 Å². The van der Waals surface area contributed by atoms with E-state index in [1.807, 2.05) is 0 Å². The molecule has 0 bridgehead atoms. The van der Waals surface area contributed by atoms with Gasteiger partial charge in [-0.2, -0.15) is 8.78 Å². The van der Waals surface area contributed by atoms with Gasteiger partial charge in [0.2, 0.25) is 0 Å². The van der Waals surface area contributed by atoms with Gasteiger partial charge >= 0.3 is 6.61 Å². The number of alkyl halides is 2. The number of hydrogen-bond donors (Lipinski definition) is 1. The number of rotatable bonds is 7. The molecular weight excluding hydrogens is 281 g/mol. The topological polar surface area (TPSA) is 38.5 Å². The van der Waals surface area contributed by atoms with Crippen LogP contribution in [0.3, 0.4) is 0 Å².